The minimum absolute atomic E-state index is 0.281. The smallest absolute Gasteiger partial charge is 0.262 e. The topological polar surface area (TPSA) is 117 Å². The number of hydrogen-bond acceptors (Lipinski definition) is 7. The Labute approximate surface area is 228 Å². The molecule has 4 aromatic heterocycles. The van der Waals surface area contributed by atoms with Crippen LogP contribution in [0.5, 0.6) is 0 Å². The Bertz CT molecular complexity index is 1880. The monoisotopic (exact) mass is 538 g/mol. The van der Waals surface area contributed by atoms with Gasteiger partial charge in [-0.2, -0.15) is 14.9 Å². The number of carbonyl (C=O) groups excluding carboxylic acids is 1. The Morgan fingerprint density at radius 1 is 1.00 bits per heavy atom. The van der Waals surface area contributed by atoms with Crippen molar-refractivity contribution >= 4 is 34.4 Å². The fourth-order valence-electron chi connectivity index (χ4n) is 4.63. The van der Waals surface area contributed by atoms with E-state index < -0.39 is 5.91 Å². The molecular weight excluding hydrogens is 516 g/mol. The molecular formula is C28H23ClN8O2. The molecule has 6 aromatic rings. The summed E-state index contributed by atoms with van der Waals surface area (Å²) in [6, 6.07) is 15.1. The van der Waals surface area contributed by atoms with E-state index in [1.807, 2.05) is 45.0 Å². The fraction of sp³-hybridized carbons (Fsp3) is 0.143. The highest BCUT2D eigenvalue weighted by Crippen LogP contribution is 2.32. The molecule has 0 saturated carbocycles. The van der Waals surface area contributed by atoms with E-state index >= 15 is 0 Å². The molecule has 2 aromatic carbocycles. The van der Waals surface area contributed by atoms with Gasteiger partial charge in [-0.25, -0.2) is 14.6 Å². The molecule has 0 atom stereocenters. The van der Waals surface area contributed by atoms with E-state index in [1.54, 1.807) is 40.7 Å². The minimum Gasteiger partial charge on any atom is -0.360 e. The Morgan fingerprint density at radius 2 is 1.82 bits per heavy atom. The second-order valence-electron chi connectivity index (χ2n) is 9.26. The second-order valence-corrected chi connectivity index (χ2v) is 9.67. The van der Waals surface area contributed by atoms with Gasteiger partial charge >= 0.3 is 0 Å². The summed E-state index contributed by atoms with van der Waals surface area (Å²) in [5, 5.41) is 17.4. The number of aromatic nitrogens is 7. The first kappa shape index (κ1) is 24.5. The number of halogens is 1. The van der Waals surface area contributed by atoms with Gasteiger partial charge in [-0.15, -0.1) is 0 Å². The number of aryl methyl sites for hydroxylation is 4. The van der Waals surface area contributed by atoms with Crippen LogP contribution >= 0.6 is 11.6 Å². The number of nitrogens with zero attached hydrogens (tertiary/aromatic N) is 7. The maximum atomic E-state index is 13.6. The van der Waals surface area contributed by atoms with Crippen molar-refractivity contribution < 1.29 is 9.32 Å². The summed E-state index contributed by atoms with van der Waals surface area (Å²) in [5.41, 5.74) is 5.70. The van der Waals surface area contributed by atoms with Crippen LogP contribution in [0.15, 0.2) is 65.6 Å². The van der Waals surface area contributed by atoms with Crippen LogP contribution in [0, 0.1) is 27.7 Å². The number of nitrogens with one attached hydrogen (secondary N) is 1. The highest BCUT2D eigenvalue weighted by Gasteiger charge is 2.25. The lowest BCUT2D eigenvalue weighted by Crippen LogP contribution is -2.17. The zero-order valence-electron chi connectivity index (χ0n) is 21.6. The summed E-state index contributed by atoms with van der Waals surface area (Å²) in [5.74, 6) is 0.848. The molecule has 0 spiro atoms. The van der Waals surface area contributed by atoms with E-state index in [0.717, 1.165) is 16.8 Å². The zero-order chi connectivity index (χ0) is 27.3. The normalized spacial score (nSPS) is 11.3. The van der Waals surface area contributed by atoms with Crippen LogP contribution in [-0.4, -0.2) is 40.6 Å². The Balaban J connectivity index is 1.41. The summed E-state index contributed by atoms with van der Waals surface area (Å²) in [6.07, 6.45) is 3.16. The van der Waals surface area contributed by atoms with E-state index in [1.165, 1.54) is 6.33 Å². The van der Waals surface area contributed by atoms with Crippen LogP contribution in [0.25, 0.3) is 33.8 Å². The molecule has 4 heterocycles. The first-order chi connectivity index (χ1) is 18.8. The molecule has 39 heavy (non-hydrogen) atoms. The van der Waals surface area contributed by atoms with E-state index in [2.05, 4.69) is 36.7 Å². The number of fused-ring (bicyclic) bond motifs is 1. The van der Waals surface area contributed by atoms with Gasteiger partial charge in [0.2, 0.25) is 0 Å². The van der Waals surface area contributed by atoms with Crippen molar-refractivity contribution in [1.82, 2.24) is 34.7 Å². The van der Waals surface area contributed by atoms with Gasteiger partial charge in [0.25, 0.3) is 5.91 Å². The highest BCUT2D eigenvalue weighted by atomic mass is 35.5. The van der Waals surface area contributed by atoms with Crippen LogP contribution in [0.2, 0.25) is 5.02 Å². The summed E-state index contributed by atoms with van der Waals surface area (Å²) in [4.78, 5) is 22.6. The lowest BCUT2D eigenvalue weighted by Gasteiger charge is -2.10. The van der Waals surface area contributed by atoms with E-state index in [-0.39, 0.29) is 5.56 Å². The first-order valence-electron chi connectivity index (χ1n) is 12.2. The number of anilines is 1. The molecule has 0 saturated heterocycles. The molecule has 0 bridgehead atoms. The molecule has 10 nitrogen and oxygen atoms in total. The van der Waals surface area contributed by atoms with Crippen molar-refractivity contribution in [3.8, 4) is 22.8 Å². The van der Waals surface area contributed by atoms with Crippen molar-refractivity contribution in [2.45, 2.75) is 27.7 Å². The van der Waals surface area contributed by atoms with Gasteiger partial charge in [0, 0.05) is 11.6 Å². The lowest BCUT2D eigenvalue weighted by molar-refractivity contribution is 0.102. The van der Waals surface area contributed by atoms with Crippen molar-refractivity contribution in [2.75, 3.05) is 5.32 Å². The molecule has 0 radical (unpaired) electrons. The molecule has 0 unspecified atom stereocenters. The summed E-state index contributed by atoms with van der Waals surface area (Å²) >= 11 is 6.38. The van der Waals surface area contributed by atoms with Gasteiger partial charge in [0.15, 0.2) is 11.5 Å². The van der Waals surface area contributed by atoms with Crippen molar-refractivity contribution in [2.24, 2.45) is 0 Å². The molecule has 0 aliphatic heterocycles. The third kappa shape index (κ3) is 4.24. The standard InChI is InChI=1S/C28H23ClN8O2/c1-15-9-10-22(16(2)11-15)36-26-20(13-32-36)27(31-14-30-26)37-23(12-17(3)34-37)33-28(38)24-18(4)39-35-25(24)19-7-5-6-8-21(19)29/h5-14H,1-4H3,(H,33,38). The fourth-order valence-corrected chi connectivity index (χ4v) is 4.85. The van der Waals surface area contributed by atoms with E-state index in [4.69, 9.17) is 16.1 Å². The van der Waals surface area contributed by atoms with Crippen molar-refractivity contribution in [3.63, 3.8) is 0 Å². The van der Waals surface area contributed by atoms with Gasteiger partial charge in [0.05, 0.1) is 28.0 Å². The highest BCUT2D eigenvalue weighted by molar-refractivity contribution is 6.33. The van der Waals surface area contributed by atoms with E-state index in [9.17, 15) is 4.79 Å². The number of hydrogen-bond donors (Lipinski definition) is 1. The zero-order valence-corrected chi connectivity index (χ0v) is 22.4. The average Bonchev–Trinajstić information content (AvgIpc) is 3.61. The maximum absolute atomic E-state index is 13.6. The third-order valence-corrected chi connectivity index (χ3v) is 6.75. The largest absolute Gasteiger partial charge is 0.360 e. The van der Waals surface area contributed by atoms with Gasteiger partial charge in [-0.1, -0.05) is 52.7 Å². The Kier molecular flexibility index (Phi) is 5.96. The Hall–Kier alpha value is -4.83. The quantitative estimate of drug-likeness (QED) is 0.295. The molecule has 0 aliphatic carbocycles. The molecule has 1 N–H and O–H groups in total. The number of benzene rings is 2. The number of rotatable bonds is 5. The van der Waals surface area contributed by atoms with Gasteiger partial charge < -0.3 is 9.84 Å². The van der Waals surface area contributed by atoms with Crippen LogP contribution < -0.4 is 5.32 Å². The van der Waals surface area contributed by atoms with Gasteiger partial charge in [0.1, 0.15) is 29.2 Å². The third-order valence-electron chi connectivity index (χ3n) is 6.42. The summed E-state index contributed by atoms with van der Waals surface area (Å²) < 4.78 is 8.73. The summed E-state index contributed by atoms with van der Waals surface area (Å²) in [6.45, 7) is 7.60. The lowest BCUT2D eigenvalue weighted by atomic mass is 10.1. The average molecular weight is 539 g/mol. The number of carbonyl (C=O) groups is 1. The van der Waals surface area contributed by atoms with E-state index in [0.29, 0.717) is 50.4 Å². The first-order valence-corrected chi connectivity index (χ1v) is 12.6. The molecule has 1 amide bonds. The van der Waals surface area contributed by atoms with Crippen molar-refractivity contribution in [1.29, 1.82) is 0 Å². The van der Waals surface area contributed by atoms with Gasteiger partial charge in [-0.3, -0.25) is 4.79 Å². The van der Waals surface area contributed by atoms with Crippen LogP contribution in [-0.2, 0) is 0 Å². The van der Waals surface area contributed by atoms with Gasteiger partial charge in [-0.05, 0) is 45.4 Å². The molecule has 11 heteroatoms. The predicted molar refractivity (Wildman–Crippen MR) is 148 cm³/mol. The van der Waals surface area contributed by atoms with Crippen molar-refractivity contribution in [3.05, 3.63) is 94.2 Å². The molecule has 6 rings (SSSR count). The Morgan fingerprint density at radius 3 is 2.62 bits per heavy atom. The maximum Gasteiger partial charge on any atom is 0.262 e. The SMILES string of the molecule is Cc1ccc(-n2ncc3c(-n4nc(C)cc4NC(=O)c4c(-c5ccccc5Cl)noc4C)ncnc32)c(C)c1. The predicted octanol–water partition coefficient (Wildman–Crippen LogP) is 5.80. The molecule has 0 fully saturated rings. The molecule has 194 valence electrons. The van der Waals surface area contributed by atoms with Crippen LogP contribution in [0.3, 0.4) is 0 Å². The van der Waals surface area contributed by atoms with Crippen LogP contribution in [0.4, 0.5) is 5.82 Å². The molecule has 0 aliphatic rings. The minimum atomic E-state index is -0.416. The van der Waals surface area contributed by atoms with Crippen LogP contribution in [0.1, 0.15) is 32.9 Å². The second kappa shape index (κ2) is 9.48. The number of amides is 1. The summed E-state index contributed by atoms with van der Waals surface area (Å²) in [7, 11) is 0.